The Balaban J connectivity index is 2.60. The van der Waals surface area contributed by atoms with Gasteiger partial charge >= 0.3 is 0 Å². The van der Waals surface area contributed by atoms with Crippen molar-refractivity contribution >= 4 is 39.7 Å². The Morgan fingerprint density at radius 1 is 1.44 bits per heavy atom. The summed E-state index contributed by atoms with van der Waals surface area (Å²) >= 11 is 14.7. The van der Waals surface area contributed by atoms with Crippen molar-refractivity contribution in [3.05, 3.63) is 43.6 Å². The van der Waals surface area contributed by atoms with E-state index in [1.807, 2.05) is 25.1 Å². The summed E-state index contributed by atoms with van der Waals surface area (Å²) in [6.07, 6.45) is 0.903. The monoisotopic (exact) mass is 342 g/mol. The zero-order valence-corrected chi connectivity index (χ0v) is 13.2. The second-order valence-corrected chi connectivity index (χ2v) is 5.62. The molecule has 1 N–H and O–H groups in total. The van der Waals surface area contributed by atoms with Crippen LogP contribution < -0.4 is 0 Å². The van der Waals surface area contributed by atoms with Gasteiger partial charge in [-0.15, -0.1) is 0 Å². The molecule has 0 unspecified atom stereocenters. The minimum absolute atomic E-state index is 0.645. The summed E-state index contributed by atoms with van der Waals surface area (Å²) in [7, 11) is 0. The van der Waals surface area contributed by atoms with Crippen LogP contribution in [0.4, 0.5) is 0 Å². The molecule has 2 rings (SSSR count). The van der Waals surface area contributed by atoms with E-state index >= 15 is 0 Å². The van der Waals surface area contributed by atoms with Gasteiger partial charge in [-0.25, -0.2) is 4.98 Å². The average molecular weight is 344 g/mol. The third-order valence-corrected chi connectivity index (χ3v) is 4.41. The molecule has 0 bridgehead atoms. The Kier molecular flexibility index (Phi) is 4.20. The number of aromatic nitrogens is 2. The molecule has 1 heterocycles. The molecule has 2 nitrogen and oxygen atoms in total. The number of rotatable bonds is 2. The molecule has 0 atom stereocenters. The van der Waals surface area contributed by atoms with E-state index in [2.05, 4.69) is 32.8 Å². The van der Waals surface area contributed by atoms with Gasteiger partial charge in [0.05, 0.1) is 5.02 Å². The first kappa shape index (κ1) is 13.7. The summed E-state index contributed by atoms with van der Waals surface area (Å²) in [5.74, 6) is 0.778. The Morgan fingerprint density at radius 3 is 2.78 bits per heavy atom. The van der Waals surface area contributed by atoms with Crippen LogP contribution in [0.5, 0.6) is 0 Å². The lowest BCUT2D eigenvalue weighted by molar-refractivity contribution is 0.969. The summed E-state index contributed by atoms with van der Waals surface area (Å²) in [5, 5.41) is 0.681. The van der Waals surface area contributed by atoms with Crippen LogP contribution in [0.25, 0.3) is 11.4 Å². The zero-order valence-electron chi connectivity index (χ0n) is 10.1. The van der Waals surface area contributed by atoms with Gasteiger partial charge in [-0.05, 0) is 47.5 Å². The van der Waals surface area contributed by atoms with E-state index in [4.69, 9.17) is 23.8 Å². The molecule has 0 aliphatic heterocycles. The first-order chi connectivity index (χ1) is 8.52. The minimum atomic E-state index is 0.645. The lowest BCUT2D eigenvalue weighted by Gasteiger charge is -2.08. The van der Waals surface area contributed by atoms with Gasteiger partial charge < -0.3 is 4.98 Å². The molecule has 0 amide bonds. The number of aryl methyl sites for hydroxylation is 1. The number of halogens is 2. The molecule has 0 spiro atoms. The van der Waals surface area contributed by atoms with Crippen LogP contribution in [0.2, 0.25) is 5.02 Å². The minimum Gasteiger partial charge on any atom is -0.343 e. The van der Waals surface area contributed by atoms with Crippen LogP contribution in [0.1, 0.15) is 18.2 Å². The molecule has 1 aromatic heterocycles. The van der Waals surface area contributed by atoms with E-state index in [1.54, 1.807) is 0 Å². The molecule has 0 saturated carbocycles. The van der Waals surface area contributed by atoms with Crippen LogP contribution in [-0.4, -0.2) is 9.97 Å². The van der Waals surface area contributed by atoms with E-state index in [0.717, 1.165) is 33.5 Å². The fourth-order valence-corrected chi connectivity index (χ4v) is 2.42. The number of H-pyrrole nitrogens is 1. The summed E-state index contributed by atoms with van der Waals surface area (Å²) in [6, 6.07) is 5.70. The average Bonchev–Trinajstić information content (AvgIpc) is 2.36. The van der Waals surface area contributed by atoms with Gasteiger partial charge in [-0.2, -0.15) is 0 Å². The maximum Gasteiger partial charge on any atom is 0.139 e. The summed E-state index contributed by atoms with van der Waals surface area (Å²) in [6.45, 7) is 4.08. The predicted molar refractivity (Wildman–Crippen MR) is 81.7 cm³/mol. The molecule has 0 fully saturated rings. The number of benzene rings is 1. The van der Waals surface area contributed by atoms with Crippen LogP contribution in [0.3, 0.4) is 0 Å². The van der Waals surface area contributed by atoms with Crippen LogP contribution in [-0.2, 0) is 6.42 Å². The van der Waals surface area contributed by atoms with E-state index in [0.29, 0.717) is 9.66 Å². The topological polar surface area (TPSA) is 28.7 Å². The van der Waals surface area contributed by atoms with Crippen molar-refractivity contribution in [2.75, 3.05) is 0 Å². The van der Waals surface area contributed by atoms with Crippen LogP contribution in [0.15, 0.2) is 22.7 Å². The number of nitrogens with zero attached hydrogens (tertiary/aromatic N) is 1. The van der Waals surface area contributed by atoms with Crippen molar-refractivity contribution in [2.45, 2.75) is 20.3 Å². The molecule has 0 saturated heterocycles. The van der Waals surface area contributed by atoms with Crippen molar-refractivity contribution in [3.63, 3.8) is 0 Å². The fraction of sp³-hybridized carbons (Fsp3) is 0.231. The Morgan fingerprint density at radius 2 is 2.17 bits per heavy atom. The summed E-state index contributed by atoms with van der Waals surface area (Å²) in [5.41, 5.74) is 3.13. The molecule has 94 valence electrons. The Hall–Kier alpha value is -0.710. The molecule has 0 aliphatic carbocycles. The summed E-state index contributed by atoms with van der Waals surface area (Å²) in [4.78, 5) is 7.74. The molecule has 18 heavy (non-hydrogen) atoms. The van der Waals surface area contributed by atoms with Crippen molar-refractivity contribution in [1.29, 1.82) is 0 Å². The van der Waals surface area contributed by atoms with Gasteiger partial charge in [-0.1, -0.05) is 30.7 Å². The SMILES string of the molecule is CCc1[nH]c(-c2ccc(Cl)c(Br)c2)nc(=S)c1C. The maximum absolute atomic E-state index is 5.99. The van der Waals surface area contributed by atoms with Gasteiger partial charge in [0, 0.05) is 21.3 Å². The zero-order chi connectivity index (χ0) is 13.3. The van der Waals surface area contributed by atoms with E-state index < -0.39 is 0 Å². The second kappa shape index (κ2) is 5.51. The van der Waals surface area contributed by atoms with E-state index in [1.165, 1.54) is 0 Å². The number of nitrogens with one attached hydrogen (secondary N) is 1. The maximum atomic E-state index is 5.99. The molecular formula is C13H12BrClN2S. The van der Waals surface area contributed by atoms with Gasteiger partial charge in [-0.3, -0.25) is 0 Å². The highest BCUT2D eigenvalue weighted by molar-refractivity contribution is 9.10. The highest BCUT2D eigenvalue weighted by Crippen LogP contribution is 2.27. The number of hydrogen-bond donors (Lipinski definition) is 1. The number of aromatic amines is 1. The standard InChI is InChI=1S/C13H12BrClN2S/c1-3-11-7(2)13(18)17-12(16-11)8-4-5-10(15)9(14)6-8/h4-6H,3H2,1-2H3,(H,16,17,18). The molecular weight excluding hydrogens is 332 g/mol. The summed E-state index contributed by atoms with van der Waals surface area (Å²) < 4.78 is 1.49. The highest BCUT2D eigenvalue weighted by Gasteiger charge is 2.07. The molecule has 2 aromatic rings. The molecule has 0 radical (unpaired) electrons. The highest BCUT2D eigenvalue weighted by atomic mass is 79.9. The Bertz CT molecular complexity index is 652. The number of hydrogen-bond acceptors (Lipinski definition) is 2. The van der Waals surface area contributed by atoms with Gasteiger partial charge in [0.25, 0.3) is 0 Å². The lowest BCUT2D eigenvalue weighted by atomic mass is 10.1. The predicted octanol–water partition coefficient (Wildman–Crippen LogP) is 5.09. The smallest absolute Gasteiger partial charge is 0.139 e. The lowest BCUT2D eigenvalue weighted by Crippen LogP contribution is -1.99. The van der Waals surface area contributed by atoms with Crippen LogP contribution >= 0.6 is 39.7 Å². The van der Waals surface area contributed by atoms with Crippen molar-refractivity contribution < 1.29 is 0 Å². The Labute approximate surface area is 125 Å². The van der Waals surface area contributed by atoms with Crippen LogP contribution in [0, 0.1) is 11.6 Å². The van der Waals surface area contributed by atoms with Gasteiger partial charge in [0.2, 0.25) is 0 Å². The van der Waals surface area contributed by atoms with Crippen molar-refractivity contribution in [3.8, 4) is 11.4 Å². The van der Waals surface area contributed by atoms with E-state index in [9.17, 15) is 0 Å². The molecule has 0 aliphatic rings. The normalized spacial score (nSPS) is 10.7. The fourth-order valence-electron chi connectivity index (χ4n) is 1.71. The second-order valence-electron chi connectivity index (χ2n) is 3.98. The molecule has 1 aromatic carbocycles. The first-order valence-electron chi connectivity index (χ1n) is 5.58. The van der Waals surface area contributed by atoms with E-state index in [-0.39, 0.29) is 0 Å². The van der Waals surface area contributed by atoms with Gasteiger partial charge in [0.1, 0.15) is 10.5 Å². The van der Waals surface area contributed by atoms with Crippen molar-refractivity contribution in [2.24, 2.45) is 0 Å². The first-order valence-corrected chi connectivity index (χ1v) is 7.16. The largest absolute Gasteiger partial charge is 0.343 e. The third-order valence-electron chi connectivity index (χ3n) is 2.80. The third kappa shape index (κ3) is 2.66. The molecule has 5 heteroatoms. The van der Waals surface area contributed by atoms with Gasteiger partial charge in [0.15, 0.2) is 0 Å². The quantitative estimate of drug-likeness (QED) is 0.769. The van der Waals surface area contributed by atoms with Crippen molar-refractivity contribution in [1.82, 2.24) is 9.97 Å².